The van der Waals surface area contributed by atoms with Crippen LogP contribution in [-0.4, -0.2) is 37.2 Å². The third kappa shape index (κ3) is 46.3. The molecule has 0 N–H and O–H groups in total. The summed E-state index contributed by atoms with van der Waals surface area (Å²) in [6.45, 7) is 6.50. The Morgan fingerprint density at radius 1 is 0.356 bits per heavy atom. The van der Waals surface area contributed by atoms with Gasteiger partial charge in [-0.1, -0.05) is 204 Å². The van der Waals surface area contributed by atoms with Crippen LogP contribution in [0.4, 0.5) is 0 Å². The summed E-state index contributed by atoms with van der Waals surface area (Å²) in [6.07, 6.45) is 56.6. The van der Waals surface area contributed by atoms with Crippen LogP contribution in [0.15, 0.2) is 48.6 Å². The molecule has 6 nitrogen and oxygen atoms in total. The zero-order valence-corrected chi connectivity index (χ0v) is 39.0. The van der Waals surface area contributed by atoms with E-state index in [1.807, 2.05) is 0 Å². The van der Waals surface area contributed by atoms with E-state index < -0.39 is 6.10 Å². The van der Waals surface area contributed by atoms with E-state index in [4.69, 9.17) is 14.2 Å². The van der Waals surface area contributed by atoms with E-state index >= 15 is 0 Å². The van der Waals surface area contributed by atoms with Crippen LogP contribution in [0.2, 0.25) is 0 Å². The molecule has 1 unspecified atom stereocenters. The summed E-state index contributed by atoms with van der Waals surface area (Å²) in [5.74, 6) is -0.901. The lowest BCUT2D eigenvalue weighted by atomic mass is 10.0. The van der Waals surface area contributed by atoms with Gasteiger partial charge in [0, 0.05) is 19.3 Å². The van der Waals surface area contributed by atoms with Gasteiger partial charge in [0.2, 0.25) is 0 Å². The molecule has 0 aromatic carbocycles. The third-order valence-electron chi connectivity index (χ3n) is 10.8. The molecule has 0 rings (SSSR count). The van der Waals surface area contributed by atoms with Crippen molar-refractivity contribution in [3.8, 4) is 0 Å². The minimum atomic E-state index is -0.780. The average Bonchev–Trinajstić information content (AvgIpc) is 3.23. The molecular weight excluding hydrogens is 733 g/mol. The van der Waals surface area contributed by atoms with Crippen LogP contribution in [0.25, 0.3) is 0 Å². The van der Waals surface area contributed by atoms with Crippen LogP contribution >= 0.6 is 0 Å². The second-order valence-corrected chi connectivity index (χ2v) is 16.7. The van der Waals surface area contributed by atoms with Gasteiger partial charge in [-0.15, -0.1) is 0 Å². The number of carbonyl (C=O) groups excluding carboxylic acids is 3. The van der Waals surface area contributed by atoms with Crippen LogP contribution < -0.4 is 0 Å². The molecule has 0 aromatic heterocycles. The molecule has 0 heterocycles. The van der Waals surface area contributed by atoms with Gasteiger partial charge in [0.15, 0.2) is 6.10 Å². The van der Waals surface area contributed by atoms with E-state index in [0.29, 0.717) is 19.3 Å². The Labute approximate surface area is 365 Å². The normalized spacial score (nSPS) is 12.4. The minimum Gasteiger partial charge on any atom is -0.462 e. The zero-order valence-electron chi connectivity index (χ0n) is 39.0. The number of carbonyl (C=O) groups is 3. The van der Waals surface area contributed by atoms with Gasteiger partial charge in [-0.3, -0.25) is 14.4 Å². The van der Waals surface area contributed by atoms with Gasteiger partial charge in [-0.2, -0.15) is 0 Å². The summed E-state index contributed by atoms with van der Waals surface area (Å²) in [5, 5.41) is 0. The fourth-order valence-corrected chi connectivity index (χ4v) is 7.04. The van der Waals surface area contributed by atoms with Crippen LogP contribution in [0.1, 0.15) is 252 Å². The van der Waals surface area contributed by atoms with Crippen molar-refractivity contribution < 1.29 is 28.6 Å². The number of hydrogen-bond donors (Lipinski definition) is 0. The number of ether oxygens (including phenoxy) is 3. The molecule has 0 aromatic rings. The van der Waals surface area contributed by atoms with Gasteiger partial charge in [0.1, 0.15) is 13.2 Å². The highest BCUT2D eigenvalue weighted by Gasteiger charge is 2.19. The fourth-order valence-electron chi connectivity index (χ4n) is 7.04. The summed E-state index contributed by atoms with van der Waals surface area (Å²) in [6, 6.07) is 0. The standard InChI is InChI=1S/C53H94O6/c1-4-7-10-13-16-19-22-25-26-29-31-34-37-40-43-46-52(55)58-49-50(59-53(56)47-44-41-38-35-32-28-24-21-18-15-12-9-6-3)48-57-51(54)45-42-39-36-33-30-27-23-20-17-14-11-8-5-2/h7,10,16,19,21,24-26,50H,4-6,8-9,11-15,17-18,20,22-23,27-49H2,1-3H3/b10-7-,19-16-,24-21-,26-25-. The third-order valence-corrected chi connectivity index (χ3v) is 10.8. The summed E-state index contributed by atoms with van der Waals surface area (Å²) in [7, 11) is 0. The monoisotopic (exact) mass is 827 g/mol. The Hall–Kier alpha value is -2.63. The van der Waals surface area contributed by atoms with Crippen LogP contribution in [-0.2, 0) is 28.6 Å². The van der Waals surface area contributed by atoms with E-state index in [-0.39, 0.29) is 31.1 Å². The lowest BCUT2D eigenvalue weighted by molar-refractivity contribution is -0.167. The maximum Gasteiger partial charge on any atom is 0.306 e. The average molecular weight is 827 g/mol. The quantitative estimate of drug-likeness (QED) is 0.0263. The molecular formula is C53H94O6. The second kappa shape index (κ2) is 48.0. The van der Waals surface area contributed by atoms with E-state index in [9.17, 15) is 14.4 Å². The predicted octanol–water partition coefficient (Wildman–Crippen LogP) is 16.3. The molecule has 0 aliphatic carbocycles. The highest BCUT2D eigenvalue weighted by atomic mass is 16.6. The largest absolute Gasteiger partial charge is 0.462 e. The first-order chi connectivity index (χ1) is 29.0. The summed E-state index contributed by atoms with van der Waals surface area (Å²) in [5.41, 5.74) is 0. The number of esters is 3. The predicted molar refractivity (Wildman–Crippen MR) is 252 cm³/mol. The molecule has 59 heavy (non-hydrogen) atoms. The van der Waals surface area contributed by atoms with Gasteiger partial charge in [-0.25, -0.2) is 0 Å². The first-order valence-corrected chi connectivity index (χ1v) is 25.1. The van der Waals surface area contributed by atoms with Gasteiger partial charge in [0.05, 0.1) is 0 Å². The number of hydrogen-bond acceptors (Lipinski definition) is 6. The molecule has 0 saturated heterocycles. The van der Waals surface area contributed by atoms with E-state index in [2.05, 4.69) is 69.4 Å². The highest BCUT2D eigenvalue weighted by Crippen LogP contribution is 2.15. The van der Waals surface area contributed by atoms with Crippen molar-refractivity contribution in [3.05, 3.63) is 48.6 Å². The van der Waals surface area contributed by atoms with Crippen molar-refractivity contribution in [2.45, 2.75) is 258 Å². The molecule has 0 fully saturated rings. The van der Waals surface area contributed by atoms with Crippen LogP contribution in [0, 0.1) is 0 Å². The van der Waals surface area contributed by atoms with Crippen molar-refractivity contribution >= 4 is 17.9 Å². The van der Waals surface area contributed by atoms with Crippen molar-refractivity contribution in [2.24, 2.45) is 0 Å². The van der Waals surface area contributed by atoms with Gasteiger partial charge in [0.25, 0.3) is 0 Å². The molecule has 0 spiro atoms. The van der Waals surface area contributed by atoms with Crippen molar-refractivity contribution in [1.82, 2.24) is 0 Å². The van der Waals surface area contributed by atoms with Gasteiger partial charge >= 0.3 is 17.9 Å². The Kier molecular flexibility index (Phi) is 45.9. The first-order valence-electron chi connectivity index (χ1n) is 25.1. The maximum atomic E-state index is 12.8. The van der Waals surface area contributed by atoms with E-state index in [1.54, 1.807) is 0 Å². The molecule has 6 heteroatoms. The van der Waals surface area contributed by atoms with Crippen LogP contribution in [0.5, 0.6) is 0 Å². The molecule has 0 saturated carbocycles. The van der Waals surface area contributed by atoms with Crippen molar-refractivity contribution in [3.63, 3.8) is 0 Å². The summed E-state index contributed by atoms with van der Waals surface area (Å²) in [4.78, 5) is 37.9. The maximum absolute atomic E-state index is 12.8. The Morgan fingerprint density at radius 2 is 0.661 bits per heavy atom. The highest BCUT2D eigenvalue weighted by molar-refractivity contribution is 5.71. The number of unbranched alkanes of at least 4 members (excludes halogenated alkanes) is 26. The van der Waals surface area contributed by atoms with E-state index in [0.717, 1.165) is 109 Å². The molecule has 0 amide bonds. The first kappa shape index (κ1) is 56.4. The Balaban J connectivity index is 4.40. The second-order valence-electron chi connectivity index (χ2n) is 16.7. The molecule has 0 bridgehead atoms. The zero-order chi connectivity index (χ0) is 43.0. The number of rotatable bonds is 45. The topological polar surface area (TPSA) is 78.9 Å². The molecule has 342 valence electrons. The molecule has 0 radical (unpaired) electrons. The van der Waals surface area contributed by atoms with Crippen LogP contribution in [0.3, 0.4) is 0 Å². The Bertz CT molecular complexity index is 1040. The van der Waals surface area contributed by atoms with E-state index in [1.165, 1.54) is 103 Å². The lowest BCUT2D eigenvalue weighted by Crippen LogP contribution is -2.30. The lowest BCUT2D eigenvalue weighted by Gasteiger charge is -2.18. The fraction of sp³-hybridized carbons (Fsp3) is 0.792. The summed E-state index contributed by atoms with van der Waals surface area (Å²) >= 11 is 0. The van der Waals surface area contributed by atoms with Crippen molar-refractivity contribution in [2.75, 3.05) is 13.2 Å². The van der Waals surface area contributed by atoms with Crippen molar-refractivity contribution in [1.29, 1.82) is 0 Å². The number of allylic oxidation sites excluding steroid dienone is 8. The SMILES string of the molecule is CC/C=C\C/C=C\C/C=C\CCCCCCCC(=O)OCC(COC(=O)CCCCCCCCCCCCCCC)OC(=O)CCCCCCC/C=C\CCCCCC. The molecule has 0 aliphatic heterocycles. The van der Waals surface area contributed by atoms with Gasteiger partial charge in [-0.05, 0) is 77.0 Å². The Morgan fingerprint density at radius 3 is 1.07 bits per heavy atom. The minimum absolute atomic E-state index is 0.0799. The van der Waals surface area contributed by atoms with Gasteiger partial charge < -0.3 is 14.2 Å². The molecule has 1 atom stereocenters. The molecule has 0 aliphatic rings. The smallest absolute Gasteiger partial charge is 0.306 e. The summed E-state index contributed by atoms with van der Waals surface area (Å²) < 4.78 is 16.8.